The van der Waals surface area contributed by atoms with E-state index in [0.29, 0.717) is 41.7 Å². The van der Waals surface area contributed by atoms with Crippen molar-refractivity contribution < 1.29 is 19.8 Å². The van der Waals surface area contributed by atoms with Crippen molar-refractivity contribution in [3.05, 3.63) is 71.4 Å². The number of amides is 1. The molecule has 9 atom stereocenters. The zero-order valence-electron chi connectivity index (χ0n) is 32.2. The highest BCUT2D eigenvalue weighted by Gasteiger charge is 2.57. The summed E-state index contributed by atoms with van der Waals surface area (Å²) < 4.78 is 0. The van der Waals surface area contributed by atoms with Gasteiger partial charge in [-0.2, -0.15) is 5.06 Å². The number of hydroxylamine groups is 2. The van der Waals surface area contributed by atoms with Crippen LogP contribution in [0.5, 0.6) is 0 Å². The molecule has 9 nitrogen and oxygen atoms in total. The maximum atomic E-state index is 14.2. The average Bonchev–Trinajstić information content (AvgIpc) is 3.70. The van der Waals surface area contributed by atoms with Crippen molar-refractivity contribution >= 4 is 16.8 Å². The van der Waals surface area contributed by atoms with Gasteiger partial charge in [-0.15, -0.1) is 0 Å². The topological polar surface area (TPSA) is 104 Å². The van der Waals surface area contributed by atoms with Gasteiger partial charge in [-0.05, 0) is 98.2 Å². The van der Waals surface area contributed by atoms with Gasteiger partial charge < -0.3 is 25.4 Å². The van der Waals surface area contributed by atoms with E-state index in [0.717, 1.165) is 43.6 Å². The number of benzene rings is 2. The molecule has 0 unspecified atom stereocenters. The van der Waals surface area contributed by atoms with Gasteiger partial charge >= 0.3 is 0 Å². The lowest BCUT2D eigenvalue weighted by Crippen LogP contribution is -2.62. The van der Waals surface area contributed by atoms with Crippen LogP contribution in [0, 0.1) is 35.0 Å². The highest BCUT2D eigenvalue weighted by molar-refractivity contribution is 5.83. The summed E-state index contributed by atoms with van der Waals surface area (Å²) in [5, 5.41) is 27.6. The van der Waals surface area contributed by atoms with Gasteiger partial charge in [0.05, 0.1) is 19.3 Å². The summed E-state index contributed by atoms with van der Waals surface area (Å²) in [5.41, 5.74) is 5.02. The number of nitrogens with one attached hydrogen (secondary N) is 2. The van der Waals surface area contributed by atoms with E-state index in [4.69, 9.17) is 4.84 Å². The molecule has 2 aromatic carbocycles. The molecule has 51 heavy (non-hydrogen) atoms. The quantitative estimate of drug-likeness (QED) is 0.159. The second kappa shape index (κ2) is 15.7. The predicted molar refractivity (Wildman–Crippen MR) is 203 cm³/mol. The number of aromatic nitrogens is 1. The van der Waals surface area contributed by atoms with Crippen LogP contribution in [0.3, 0.4) is 0 Å². The predicted octanol–water partition coefficient (Wildman–Crippen LogP) is 5.81. The number of fused-ring (bicyclic) bond motifs is 3. The van der Waals surface area contributed by atoms with Gasteiger partial charge in [0.25, 0.3) is 0 Å². The number of hydrogen-bond acceptors (Lipinski definition) is 7. The summed E-state index contributed by atoms with van der Waals surface area (Å²) in [6.45, 7) is 16.0. The van der Waals surface area contributed by atoms with Gasteiger partial charge in [-0.3, -0.25) is 14.5 Å². The molecular formula is C42H63N5O4. The third-order valence-corrected chi connectivity index (χ3v) is 12.7. The number of carbonyl (C=O) groups excluding carboxylic acids is 1. The van der Waals surface area contributed by atoms with E-state index in [9.17, 15) is 15.0 Å². The Kier molecular flexibility index (Phi) is 11.7. The normalized spacial score (nSPS) is 28.8. The Bertz CT molecular complexity index is 1610. The summed E-state index contributed by atoms with van der Waals surface area (Å²) >= 11 is 0. The van der Waals surface area contributed by atoms with Gasteiger partial charge in [0.15, 0.2) is 0 Å². The van der Waals surface area contributed by atoms with Crippen molar-refractivity contribution in [3.63, 3.8) is 0 Å². The minimum absolute atomic E-state index is 0.103. The molecule has 1 saturated heterocycles. The summed E-state index contributed by atoms with van der Waals surface area (Å²) in [6, 6.07) is 17.0. The lowest BCUT2D eigenvalue weighted by molar-refractivity contribution is -0.183. The van der Waals surface area contributed by atoms with Crippen LogP contribution >= 0.6 is 0 Å². The van der Waals surface area contributed by atoms with Gasteiger partial charge in [0.1, 0.15) is 12.1 Å². The molecule has 4 aliphatic rings. The van der Waals surface area contributed by atoms with Gasteiger partial charge in [0.2, 0.25) is 5.91 Å². The van der Waals surface area contributed by atoms with Crippen LogP contribution in [-0.2, 0) is 29.3 Å². The molecule has 9 heteroatoms. The molecule has 0 radical (unpaired) electrons. The molecule has 2 bridgehead atoms. The summed E-state index contributed by atoms with van der Waals surface area (Å²) in [7, 11) is 4.31. The van der Waals surface area contributed by atoms with E-state index < -0.39 is 24.2 Å². The minimum Gasteiger partial charge on any atom is -0.394 e. The zero-order chi connectivity index (χ0) is 36.6. The Balaban J connectivity index is 1.23. The molecule has 3 saturated carbocycles. The third kappa shape index (κ3) is 8.09. The highest BCUT2D eigenvalue weighted by Crippen LogP contribution is 2.61. The summed E-state index contributed by atoms with van der Waals surface area (Å²) in [6.07, 6.45) is 3.85. The van der Waals surface area contributed by atoms with Gasteiger partial charge in [-0.25, -0.2) is 0 Å². The number of carbonyl (C=O) groups is 1. The number of aromatic amines is 1. The summed E-state index contributed by atoms with van der Waals surface area (Å²) in [5.74, 6) is 1.50. The lowest BCUT2D eigenvalue weighted by Gasteiger charge is -2.62. The molecule has 1 aliphatic heterocycles. The fraction of sp³-hybridized carbons (Fsp3) is 0.643. The van der Waals surface area contributed by atoms with Crippen LogP contribution in [-0.4, -0.2) is 93.5 Å². The Labute approximate surface area is 305 Å². The number of H-pyrrole nitrogens is 1. The Hall–Kier alpha value is -2.79. The number of hydrogen-bond donors (Lipinski definition) is 4. The van der Waals surface area contributed by atoms with Crippen LogP contribution in [0.1, 0.15) is 77.5 Å². The van der Waals surface area contributed by atoms with Gasteiger partial charge in [-0.1, -0.05) is 71.0 Å². The number of aliphatic hydroxyl groups is 2. The molecule has 3 aliphatic carbocycles. The van der Waals surface area contributed by atoms with Crippen molar-refractivity contribution in [2.75, 3.05) is 27.2 Å². The number of likely N-dealkylation sites (N-methyl/N-ethyl adjacent to an activating group) is 1. The Morgan fingerprint density at radius 3 is 2.49 bits per heavy atom. The molecule has 4 fully saturated rings. The molecular weight excluding hydrogens is 638 g/mol. The molecule has 7 rings (SSSR count). The van der Waals surface area contributed by atoms with Crippen molar-refractivity contribution in [2.24, 2.45) is 35.0 Å². The van der Waals surface area contributed by atoms with E-state index in [-0.39, 0.29) is 18.6 Å². The first-order valence-electron chi connectivity index (χ1n) is 19.3. The largest absolute Gasteiger partial charge is 0.394 e. The first-order valence-corrected chi connectivity index (χ1v) is 19.3. The van der Waals surface area contributed by atoms with E-state index in [1.54, 1.807) is 12.0 Å². The van der Waals surface area contributed by atoms with Crippen molar-refractivity contribution in [1.29, 1.82) is 0 Å². The second-order valence-corrected chi connectivity index (χ2v) is 17.4. The van der Waals surface area contributed by atoms with E-state index in [1.165, 1.54) is 22.9 Å². The van der Waals surface area contributed by atoms with Crippen LogP contribution in [0.25, 0.3) is 10.9 Å². The van der Waals surface area contributed by atoms with Crippen LogP contribution in [0.4, 0.5) is 0 Å². The molecule has 2 heterocycles. The lowest BCUT2D eigenvalue weighted by atomic mass is 9.45. The van der Waals surface area contributed by atoms with Crippen molar-refractivity contribution in [1.82, 2.24) is 25.2 Å². The van der Waals surface area contributed by atoms with Crippen LogP contribution in [0.2, 0.25) is 0 Å². The number of rotatable bonds is 15. The van der Waals surface area contributed by atoms with Crippen molar-refractivity contribution in [2.45, 2.75) is 111 Å². The molecule has 0 spiro atoms. The van der Waals surface area contributed by atoms with Crippen molar-refractivity contribution in [3.8, 4) is 0 Å². The van der Waals surface area contributed by atoms with Crippen LogP contribution in [0.15, 0.2) is 54.7 Å². The second-order valence-electron chi connectivity index (χ2n) is 17.4. The smallest absolute Gasteiger partial charge is 0.240 e. The zero-order valence-corrected chi connectivity index (χ0v) is 32.2. The van der Waals surface area contributed by atoms with Crippen LogP contribution < -0.4 is 5.32 Å². The molecule has 4 N–H and O–H groups in total. The average molecular weight is 702 g/mol. The monoisotopic (exact) mass is 701 g/mol. The first-order chi connectivity index (χ1) is 24.3. The molecule has 3 aromatic rings. The Morgan fingerprint density at radius 2 is 1.82 bits per heavy atom. The standard InChI is InChI=1S/C42H63N5O4/c1-26(2)17-33(24-45(7)8)46(23-31-13-10-14-36-34(31)15-16-43-36)21-29-11-9-12-30(18-29)22-47-40(39(28(4)49)38(25-48)51-47)41(50)44-37-20-32-19-35(27(37)3)42(32,5)6/h9-16,18,26-28,32-33,35,37-40,43,48-49H,17,19-25H2,1-8H3,(H,44,50)/t27-,28-,32-,33-,35+,37-,38-,39+,40-/m0/s1. The van der Waals surface area contributed by atoms with E-state index >= 15 is 0 Å². The SMILES string of the molecule is CC(C)C[C@@H](CN(C)C)N(Cc1cccc(CN2O[C@@H](CO)[C@@H]([C@H](C)O)[C@H]2C(=O)N[C@H]2C[C@@H]3C[C@H]([C@@H]2C)C3(C)C)c1)Cc1cccc2[nH]ccc12. The number of nitrogens with zero attached hydrogens (tertiary/aromatic N) is 3. The maximum absolute atomic E-state index is 14.2. The molecule has 1 aromatic heterocycles. The minimum atomic E-state index is -0.821. The van der Waals surface area contributed by atoms with Gasteiger partial charge in [0, 0.05) is 54.7 Å². The fourth-order valence-corrected chi connectivity index (χ4v) is 9.85. The van der Waals surface area contributed by atoms with E-state index in [1.807, 2.05) is 6.20 Å². The molecule has 1 amide bonds. The highest BCUT2D eigenvalue weighted by atomic mass is 16.7. The fourth-order valence-electron chi connectivity index (χ4n) is 9.85. The number of aliphatic hydroxyl groups excluding tert-OH is 2. The molecule has 280 valence electrons. The third-order valence-electron chi connectivity index (χ3n) is 12.7. The first kappa shape index (κ1) is 38.0. The van der Waals surface area contributed by atoms with E-state index in [2.05, 4.69) is 117 Å². The summed E-state index contributed by atoms with van der Waals surface area (Å²) in [4.78, 5) is 28.8. The Morgan fingerprint density at radius 1 is 1.08 bits per heavy atom. The maximum Gasteiger partial charge on any atom is 0.240 e.